The predicted molar refractivity (Wildman–Crippen MR) is 62.0 cm³/mol. The Morgan fingerprint density at radius 3 is 2.73 bits per heavy atom. The molecule has 0 saturated heterocycles. The lowest BCUT2D eigenvalue weighted by Gasteiger charge is -2.32. The zero-order chi connectivity index (χ0) is 10.7. The van der Waals surface area contributed by atoms with Crippen LogP contribution in [-0.2, 0) is 6.42 Å². The fourth-order valence-electron chi connectivity index (χ4n) is 2.33. The monoisotopic (exact) mass is 223 g/mol. The van der Waals surface area contributed by atoms with Gasteiger partial charge in [-0.25, -0.2) is 0 Å². The molecule has 0 amide bonds. The van der Waals surface area contributed by atoms with Crippen LogP contribution in [0.2, 0.25) is 5.02 Å². The topological polar surface area (TPSA) is 20.2 Å². The molecule has 1 radical (unpaired) electrons. The maximum atomic E-state index is 10.4. The lowest BCUT2D eigenvalue weighted by Crippen LogP contribution is -2.33. The minimum atomic E-state index is -0.525. The third kappa shape index (κ3) is 2.73. The Labute approximate surface area is 96.1 Å². The maximum Gasteiger partial charge on any atom is 0.0688 e. The van der Waals surface area contributed by atoms with Gasteiger partial charge in [-0.1, -0.05) is 43.0 Å². The molecule has 0 aromatic heterocycles. The summed E-state index contributed by atoms with van der Waals surface area (Å²) >= 11 is 6.06. The highest BCUT2D eigenvalue weighted by Gasteiger charge is 2.29. The summed E-state index contributed by atoms with van der Waals surface area (Å²) in [7, 11) is 0. The number of benzene rings is 1. The van der Waals surface area contributed by atoms with Gasteiger partial charge < -0.3 is 5.11 Å². The summed E-state index contributed by atoms with van der Waals surface area (Å²) in [6.45, 7) is 0. The highest BCUT2D eigenvalue weighted by molar-refractivity contribution is 6.31. The zero-order valence-corrected chi connectivity index (χ0v) is 9.56. The summed E-state index contributed by atoms with van der Waals surface area (Å²) in [4.78, 5) is 0. The molecule has 1 aromatic rings. The van der Waals surface area contributed by atoms with Crippen molar-refractivity contribution in [3.63, 3.8) is 0 Å². The SMILES string of the molecule is OC1(Cc2cc[c]cc2Cl)CCCCC1. The second-order valence-electron chi connectivity index (χ2n) is 4.48. The molecule has 81 valence electrons. The van der Waals surface area contributed by atoms with Crippen LogP contribution in [0.3, 0.4) is 0 Å². The Morgan fingerprint density at radius 2 is 2.07 bits per heavy atom. The van der Waals surface area contributed by atoms with E-state index in [1.54, 1.807) is 6.07 Å². The van der Waals surface area contributed by atoms with E-state index in [0.717, 1.165) is 36.3 Å². The van der Waals surface area contributed by atoms with Gasteiger partial charge in [-0.2, -0.15) is 0 Å². The number of rotatable bonds is 2. The van der Waals surface area contributed by atoms with E-state index in [4.69, 9.17) is 11.6 Å². The predicted octanol–water partition coefficient (Wildman–Crippen LogP) is 3.38. The Hall–Kier alpha value is -0.530. The summed E-state index contributed by atoms with van der Waals surface area (Å²) in [6.07, 6.45) is 6.00. The van der Waals surface area contributed by atoms with E-state index in [9.17, 15) is 5.11 Å². The van der Waals surface area contributed by atoms with E-state index < -0.39 is 5.60 Å². The first-order valence-electron chi connectivity index (χ1n) is 5.56. The molecular weight excluding hydrogens is 208 g/mol. The van der Waals surface area contributed by atoms with Gasteiger partial charge in [0.05, 0.1) is 5.60 Å². The summed E-state index contributed by atoms with van der Waals surface area (Å²) in [5.41, 5.74) is 0.517. The fraction of sp³-hybridized carbons (Fsp3) is 0.538. The average molecular weight is 224 g/mol. The van der Waals surface area contributed by atoms with Crippen molar-refractivity contribution in [3.8, 4) is 0 Å². The molecule has 0 aliphatic heterocycles. The Kier molecular flexibility index (Phi) is 3.32. The van der Waals surface area contributed by atoms with Gasteiger partial charge >= 0.3 is 0 Å². The van der Waals surface area contributed by atoms with E-state index in [1.165, 1.54) is 6.42 Å². The van der Waals surface area contributed by atoms with Crippen LogP contribution in [0.4, 0.5) is 0 Å². The van der Waals surface area contributed by atoms with E-state index in [2.05, 4.69) is 6.07 Å². The Morgan fingerprint density at radius 1 is 1.33 bits per heavy atom. The molecule has 1 N–H and O–H groups in total. The van der Waals surface area contributed by atoms with Crippen LogP contribution in [0, 0.1) is 6.07 Å². The van der Waals surface area contributed by atoms with Crippen molar-refractivity contribution < 1.29 is 5.11 Å². The van der Waals surface area contributed by atoms with Crippen molar-refractivity contribution >= 4 is 11.6 Å². The number of aliphatic hydroxyl groups is 1. The molecule has 0 bridgehead atoms. The Balaban J connectivity index is 2.10. The average Bonchev–Trinajstić information content (AvgIpc) is 2.22. The van der Waals surface area contributed by atoms with Crippen LogP contribution < -0.4 is 0 Å². The third-order valence-electron chi connectivity index (χ3n) is 3.20. The minimum absolute atomic E-state index is 0.525. The smallest absolute Gasteiger partial charge is 0.0688 e. The van der Waals surface area contributed by atoms with E-state index >= 15 is 0 Å². The van der Waals surface area contributed by atoms with Gasteiger partial charge in [0.15, 0.2) is 0 Å². The lowest BCUT2D eigenvalue weighted by atomic mass is 9.80. The summed E-state index contributed by atoms with van der Waals surface area (Å²) in [6, 6.07) is 8.51. The van der Waals surface area contributed by atoms with Crippen molar-refractivity contribution in [2.75, 3.05) is 0 Å². The lowest BCUT2D eigenvalue weighted by molar-refractivity contribution is 0.00450. The second-order valence-corrected chi connectivity index (χ2v) is 4.89. The highest BCUT2D eigenvalue weighted by Crippen LogP contribution is 2.32. The Bertz CT molecular complexity index is 329. The first-order valence-corrected chi connectivity index (χ1v) is 5.94. The molecular formula is C13H16ClO. The molecule has 1 nitrogen and oxygen atoms in total. The summed E-state index contributed by atoms with van der Waals surface area (Å²) < 4.78 is 0. The van der Waals surface area contributed by atoms with Crippen molar-refractivity contribution in [1.82, 2.24) is 0 Å². The maximum absolute atomic E-state index is 10.4. The van der Waals surface area contributed by atoms with E-state index in [1.807, 2.05) is 12.1 Å². The van der Waals surface area contributed by atoms with E-state index in [-0.39, 0.29) is 0 Å². The van der Waals surface area contributed by atoms with Crippen LogP contribution >= 0.6 is 11.6 Å². The van der Waals surface area contributed by atoms with E-state index in [0.29, 0.717) is 6.42 Å². The fourth-order valence-corrected chi connectivity index (χ4v) is 2.52. The molecule has 15 heavy (non-hydrogen) atoms. The van der Waals surface area contributed by atoms with Gasteiger partial charge in [0.25, 0.3) is 0 Å². The molecule has 1 aromatic carbocycles. The van der Waals surface area contributed by atoms with Crippen LogP contribution in [0.1, 0.15) is 37.7 Å². The zero-order valence-electron chi connectivity index (χ0n) is 8.80. The summed E-state index contributed by atoms with van der Waals surface area (Å²) in [5.74, 6) is 0. The molecule has 0 unspecified atom stereocenters. The van der Waals surface area contributed by atoms with Crippen LogP contribution in [-0.4, -0.2) is 10.7 Å². The normalized spacial score (nSPS) is 20.1. The molecule has 0 spiro atoms. The van der Waals surface area contributed by atoms with Crippen LogP contribution in [0.25, 0.3) is 0 Å². The molecule has 0 heterocycles. The molecule has 1 aliphatic rings. The summed E-state index contributed by atoms with van der Waals surface area (Å²) in [5, 5.41) is 11.1. The number of halogens is 1. The van der Waals surface area contributed by atoms with Crippen molar-refractivity contribution in [1.29, 1.82) is 0 Å². The minimum Gasteiger partial charge on any atom is -0.390 e. The second kappa shape index (κ2) is 4.54. The standard InChI is InChI=1S/C13H16ClO/c14-12-7-3-2-6-11(12)10-13(15)8-4-1-5-9-13/h2,6-7,15H,1,4-5,8-10H2. The molecule has 2 rings (SSSR count). The van der Waals surface area contributed by atoms with Crippen LogP contribution in [0.15, 0.2) is 18.2 Å². The van der Waals surface area contributed by atoms with Crippen molar-refractivity contribution in [2.45, 2.75) is 44.1 Å². The van der Waals surface area contributed by atoms with Crippen LogP contribution in [0.5, 0.6) is 0 Å². The largest absolute Gasteiger partial charge is 0.390 e. The molecule has 0 atom stereocenters. The molecule has 1 saturated carbocycles. The third-order valence-corrected chi connectivity index (χ3v) is 3.55. The first kappa shape index (κ1) is 11.0. The van der Waals surface area contributed by atoms with Gasteiger partial charge in [0, 0.05) is 11.4 Å². The molecule has 2 heteroatoms. The molecule has 1 aliphatic carbocycles. The highest BCUT2D eigenvalue weighted by atomic mass is 35.5. The number of hydrogen-bond donors (Lipinski definition) is 1. The molecule has 1 fully saturated rings. The van der Waals surface area contributed by atoms with Crippen molar-refractivity contribution in [2.24, 2.45) is 0 Å². The van der Waals surface area contributed by atoms with Gasteiger partial charge in [0.1, 0.15) is 0 Å². The van der Waals surface area contributed by atoms with Gasteiger partial charge in [-0.3, -0.25) is 0 Å². The van der Waals surface area contributed by atoms with Crippen molar-refractivity contribution in [3.05, 3.63) is 34.9 Å². The first-order chi connectivity index (χ1) is 7.20. The van der Waals surface area contributed by atoms with Gasteiger partial charge in [-0.15, -0.1) is 0 Å². The quantitative estimate of drug-likeness (QED) is 0.815. The van der Waals surface area contributed by atoms with Gasteiger partial charge in [-0.05, 0) is 30.5 Å². The number of hydrogen-bond acceptors (Lipinski definition) is 1. The van der Waals surface area contributed by atoms with Gasteiger partial charge in [0.2, 0.25) is 0 Å².